The van der Waals surface area contributed by atoms with Crippen molar-refractivity contribution in [2.24, 2.45) is 5.41 Å². The standard InChI is InChI=1S/C13H22O2/c1-5-8-11(14)15-13(4)10-7-6-9-12(13,2)3/h5,8H,6-7,9-10H2,1-4H3/b8-5+. The van der Waals surface area contributed by atoms with Gasteiger partial charge in [0, 0.05) is 11.5 Å². The van der Waals surface area contributed by atoms with Crippen molar-refractivity contribution in [3.63, 3.8) is 0 Å². The van der Waals surface area contributed by atoms with Gasteiger partial charge in [-0.1, -0.05) is 26.3 Å². The van der Waals surface area contributed by atoms with Crippen LogP contribution < -0.4 is 0 Å². The van der Waals surface area contributed by atoms with E-state index < -0.39 is 0 Å². The second-order valence-electron chi connectivity index (χ2n) is 5.24. The zero-order valence-corrected chi connectivity index (χ0v) is 10.3. The van der Waals surface area contributed by atoms with Crippen LogP contribution in [0.3, 0.4) is 0 Å². The van der Waals surface area contributed by atoms with Gasteiger partial charge in [-0.15, -0.1) is 0 Å². The van der Waals surface area contributed by atoms with Gasteiger partial charge in [-0.2, -0.15) is 0 Å². The maximum absolute atomic E-state index is 11.5. The van der Waals surface area contributed by atoms with Crippen LogP contribution in [0.25, 0.3) is 0 Å². The Balaban J connectivity index is 2.75. The van der Waals surface area contributed by atoms with E-state index in [0.29, 0.717) is 0 Å². The summed E-state index contributed by atoms with van der Waals surface area (Å²) < 4.78 is 5.61. The van der Waals surface area contributed by atoms with Gasteiger partial charge in [-0.3, -0.25) is 0 Å². The highest BCUT2D eigenvalue weighted by Gasteiger charge is 2.45. The minimum Gasteiger partial charge on any atom is -0.456 e. The lowest BCUT2D eigenvalue weighted by molar-refractivity contribution is -0.171. The molecule has 2 nitrogen and oxygen atoms in total. The van der Waals surface area contributed by atoms with E-state index in [4.69, 9.17) is 4.74 Å². The Morgan fingerprint density at radius 1 is 1.20 bits per heavy atom. The third kappa shape index (κ3) is 2.61. The Bertz CT molecular complexity index is 266. The van der Waals surface area contributed by atoms with Crippen molar-refractivity contribution in [1.29, 1.82) is 0 Å². The van der Waals surface area contributed by atoms with Crippen LogP contribution in [0.5, 0.6) is 0 Å². The second kappa shape index (κ2) is 4.38. The molecule has 0 spiro atoms. The van der Waals surface area contributed by atoms with Gasteiger partial charge in [0.05, 0.1) is 0 Å². The molecule has 1 fully saturated rings. The van der Waals surface area contributed by atoms with Gasteiger partial charge >= 0.3 is 5.97 Å². The van der Waals surface area contributed by atoms with Crippen molar-refractivity contribution in [2.45, 2.75) is 59.0 Å². The van der Waals surface area contributed by atoms with Crippen LogP contribution in [-0.4, -0.2) is 11.6 Å². The number of hydrogen-bond donors (Lipinski definition) is 0. The number of carbonyl (C=O) groups excluding carboxylic acids is 1. The van der Waals surface area contributed by atoms with Gasteiger partial charge in [0.25, 0.3) is 0 Å². The van der Waals surface area contributed by atoms with Crippen LogP contribution in [0.1, 0.15) is 53.4 Å². The van der Waals surface area contributed by atoms with Gasteiger partial charge in [0.2, 0.25) is 0 Å². The number of rotatable bonds is 2. The molecular weight excluding hydrogens is 188 g/mol. The van der Waals surface area contributed by atoms with Crippen LogP contribution in [0, 0.1) is 5.41 Å². The third-order valence-corrected chi connectivity index (χ3v) is 3.77. The molecular formula is C13H22O2. The molecule has 1 saturated carbocycles. The number of ether oxygens (including phenoxy) is 1. The average Bonchev–Trinajstić information content (AvgIpc) is 2.11. The van der Waals surface area contributed by atoms with Crippen molar-refractivity contribution >= 4 is 5.97 Å². The monoisotopic (exact) mass is 210 g/mol. The summed E-state index contributed by atoms with van der Waals surface area (Å²) in [6.07, 6.45) is 7.72. The first-order valence-corrected chi connectivity index (χ1v) is 5.77. The average molecular weight is 210 g/mol. The van der Waals surface area contributed by atoms with Crippen LogP contribution in [0.15, 0.2) is 12.2 Å². The van der Waals surface area contributed by atoms with E-state index in [1.165, 1.54) is 12.5 Å². The fourth-order valence-electron chi connectivity index (χ4n) is 2.21. The zero-order chi connectivity index (χ0) is 11.5. The highest BCUT2D eigenvalue weighted by atomic mass is 16.6. The highest BCUT2D eigenvalue weighted by Crippen LogP contribution is 2.45. The summed E-state index contributed by atoms with van der Waals surface area (Å²) >= 11 is 0. The van der Waals surface area contributed by atoms with Gasteiger partial charge in [0.15, 0.2) is 0 Å². The summed E-state index contributed by atoms with van der Waals surface area (Å²) in [6.45, 7) is 8.27. The molecule has 1 unspecified atom stereocenters. The SMILES string of the molecule is C/C=C/C(=O)OC1(C)CCCCC1(C)C. The van der Waals surface area contributed by atoms with Crippen molar-refractivity contribution in [3.8, 4) is 0 Å². The highest BCUT2D eigenvalue weighted by molar-refractivity contribution is 5.82. The van der Waals surface area contributed by atoms with Crippen molar-refractivity contribution in [3.05, 3.63) is 12.2 Å². The van der Waals surface area contributed by atoms with E-state index in [9.17, 15) is 4.79 Å². The Kier molecular flexibility index (Phi) is 3.58. The fourth-order valence-corrected chi connectivity index (χ4v) is 2.21. The molecule has 0 aromatic carbocycles. The van der Waals surface area contributed by atoms with Gasteiger partial charge in [0.1, 0.15) is 5.60 Å². The normalized spacial score (nSPS) is 30.4. The fraction of sp³-hybridized carbons (Fsp3) is 0.769. The quantitative estimate of drug-likeness (QED) is 0.515. The molecule has 1 atom stereocenters. The molecule has 2 heteroatoms. The maximum Gasteiger partial charge on any atom is 0.330 e. The smallest absolute Gasteiger partial charge is 0.330 e. The predicted octanol–water partition coefficient (Wildman–Crippen LogP) is 3.46. The van der Waals surface area contributed by atoms with Crippen molar-refractivity contribution in [1.82, 2.24) is 0 Å². The van der Waals surface area contributed by atoms with E-state index in [2.05, 4.69) is 20.8 Å². The molecule has 1 rings (SSSR count). The van der Waals surface area contributed by atoms with Gasteiger partial charge in [-0.25, -0.2) is 4.79 Å². The summed E-state index contributed by atoms with van der Waals surface area (Å²) in [5.74, 6) is -0.213. The van der Waals surface area contributed by atoms with E-state index >= 15 is 0 Å². The minimum absolute atomic E-state index is 0.0858. The summed E-state index contributed by atoms with van der Waals surface area (Å²) in [5, 5.41) is 0. The van der Waals surface area contributed by atoms with Crippen molar-refractivity contribution < 1.29 is 9.53 Å². The zero-order valence-electron chi connectivity index (χ0n) is 10.3. The molecule has 0 heterocycles. The van der Waals surface area contributed by atoms with Gasteiger partial charge in [-0.05, 0) is 33.1 Å². The summed E-state index contributed by atoms with van der Waals surface area (Å²) in [6, 6.07) is 0. The van der Waals surface area contributed by atoms with E-state index in [1.54, 1.807) is 6.08 Å². The molecule has 0 N–H and O–H groups in total. The first kappa shape index (κ1) is 12.3. The largest absolute Gasteiger partial charge is 0.456 e. The third-order valence-electron chi connectivity index (χ3n) is 3.77. The molecule has 0 amide bonds. The lowest BCUT2D eigenvalue weighted by Gasteiger charge is -2.46. The van der Waals surface area contributed by atoms with Crippen LogP contribution in [0.4, 0.5) is 0 Å². The number of hydrogen-bond acceptors (Lipinski definition) is 2. The minimum atomic E-state index is -0.304. The molecule has 0 saturated heterocycles. The maximum atomic E-state index is 11.5. The molecule has 15 heavy (non-hydrogen) atoms. The number of carbonyl (C=O) groups is 1. The van der Waals surface area contributed by atoms with E-state index in [-0.39, 0.29) is 17.0 Å². The molecule has 0 aromatic rings. The van der Waals surface area contributed by atoms with Gasteiger partial charge < -0.3 is 4.74 Å². The van der Waals surface area contributed by atoms with Crippen LogP contribution in [-0.2, 0) is 9.53 Å². The molecule has 1 aliphatic carbocycles. The van der Waals surface area contributed by atoms with Crippen molar-refractivity contribution in [2.75, 3.05) is 0 Å². The summed E-state index contributed by atoms with van der Waals surface area (Å²) in [4.78, 5) is 11.5. The van der Waals surface area contributed by atoms with Crippen LogP contribution >= 0.6 is 0 Å². The Labute approximate surface area is 92.7 Å². The Morgan fingerprint density at radius 3 is 2.33 bits per heavy atom. The molecule has 0 bridgehead atoms. The second-order valence-corrected chi connectivity index (χ2v) is 5.24. The number of allylic oxidation sites excluding steroid dienone is 1. The predicted molar refractivity (Wildman–Crippen MR) is 61.6 cm³/mol. The lowest BCUT2D eigenvalue weighted by atomic mass is 9.66. The molecule has 1 aliphatic rings. The Morgan fingerprint density at radius 2 is 1.80 bits per heavy atom. The Hall–Kier alpha value is -0.790. The molecule has 86 valence electrons. The lowest BCUT2D eigenvalue weighted by Crippen LogP contribution is -2.47. The molecule has 0 aliphatic heterocycles. The topological polar surface area (TPSA) is 26.3 Å². The van der Waals surface area contributed by atoms with E-state index in [0.717, 1.165) is 19.3 Å². The molecule has 0 aromatic heterocycles. The molecule has 0 radical (unpaired) electrons. The van der Waals surface area contributed by atoms with Crippen LogP contribution in [0.2, 0.25) is 0 Å². The summed E-state index contributed by atoms with van der Waals surface area (Å²) in [5.41, 5.74) is -0.218. The first-order chi connectivity index (χ1) is 6.91. The number of esters is 1. The first-order valence-electron chi connectivity index (χ1n) is 5.77. The van der Waals surface area contributed by atoms with E-state index in [1.807, 2.05) is 6.92 Å². The summed E-state index contributed by atoms with van der Waals surface area (Å²) in [7, 11) is 0.